The number of carbonyl (C=O) groups is 1. The third-order valence-corrected chi connectivity index (χ3v) is 4.74. The minimum atomic E-state index is -0.316. The first-order valence-corrected chi connectivity index (χ1v) is 8.49. The zero-order valence-corrected chi connectivity index (χ0v) is 14.8. The van der Waals surface area contributed by atoms with E-state index < -0.39 is 0 Å². The van der Waals surface area contributed by atoms with Gasteiger partial charge in [-0.25, -0.2) is 0 Å². The number of hydrogen-bond acceptors (Lipinski definition) is 6. The van der Waals surface area contributed by atoms with E-state index in [4.69, 9.17) is 8.83 Å². The Labute approximate surface area is 144 Å². The van der Waals surface area contributed by atoms with Gasteiger partial charge in [0.2, 0.25) is 0 Å². The molecule has 0 aliphatic rings. The van der Waals surface area contributed by atoms with E-state index in [2.05, 4.69) is 10.2 Å². The molecule has 1 atom stereocenters. The lowest BCUT2D eigenvalue weighted by molar-refractivity contribution is 0.0993. The van der Waals surface area contributed by atoms with Crippen LogP contribution in [-0.2, 0) is 0 Å². The van der Waals surface area contributed by atoms with Crippen molar-refractivity contribution in [2.45, 2.75) is 38.2 Å². The van der Waals surface area contributed by atoms with Crippen LogP contribution in [0.1, 0.15) is 34.2 Å². The lowest BCUT2D eigenvalue weighted by Crippen LogP contribution is -2.15. The first-order chi connectivity index (χ1) is 11.5. The second kappa shape index (κ2) is 6.65. The molecule has 0 unspecified atom stereocenters. The maximum atomic E-state index is 12.7. The number of ketones is 1. The summed E-state index contributed by atoms with van der Waals surface area (Å²) >= 11 is 1.26. The molecule has 2 heterocycles. The van der Waals surface area contributed by atoms with Crippen LogP contribution in [0.2, 0.25) is 0 Å². The van der Waals surface area contributed by atoms with Crippen molar-refractivity contribution >= 4 is 17.5 Å². The van der Waals surface area contributed by atoms with Crippen molar-refractivity contribution < 1.29 is 13.6 Å². The monoisotopic (exact) mass is 342 g/mol. The van der Waals surface area contributed by atoms with Gasteiger partial charge >= 0.3 is 0 Å². The van der Waals surface area contributed by atoms with Gasteiger partial charge in [0.05, 0.1) is 17.1 Å². The summed E-state index contributed by atoms with van der Waals surface area (Å²) < 4.78 is 10.9. The van der Waals surface area contributed by atoms with Gasteiger partial charge in [-0.15, -0.1) is 10.2 Å². The van der Waals surface area contributed by atoms with Crippen LogP contribution in [-0.4, -0.2) is 21.2 Å². The van der Waals surface area contributed by atoms with Crippen LogP contribution in [0.15, 0.2) is 44.6 Å². The normalized spacial score (nSPS) is 12.3. The molecule has 0 amide bonds. The van der Waals surface area contributed by atoms with E-state index in [-0.39, 0.29) is 11.0 Å². The number of thioether (sulfide) groups is 1. The topological polar surface area (TPSA) is 69.1 Å². The molecule has 24 heavy (non-hydrogen) atoms. The predicted molar refractivity (Wildman–Crippen MR) is 92.3 cm³/mol. The van der Waals surface area contributed by atoms with Crippen LogP contribution in [0.3, 0.4) is 0 Å². The van der Waals surface area contributed by atoms with E-state index >= 15 is 0 Å². The van der Waals surface area contributed by atoms with Gasteiger partial charge < -0.3 is 8.83 Å². The Balaban J connectivity index is 1.76. The van der Waals surface area contributed by atoms with Crippen LogP contribution in [0.4, 0.5) is 0 Å². The highest BCUT2D eigenvalue weighted by Gasteiger charge is 2.22. The van der Waals surface area contributed by atoms with Crippen LogP contribution in [0.5, 0.6) is 0 Å². The van der Waals surface area contributed by atoms with E-state index in [9.17, 15) is 4.79 Å². The molecule has 0 aliphatic carbocycles. The quantitative estimate of drug-likeness (QED) is 0.498. The number of Topliss-reactive ketones (excluding diaryl/α,β-unsaturated/α-hetero) is 1. The van der Waals surface area contributed by atoms with Crippen molar-refractivity contribution in [2.75, 3.05) is 0 Å². The third-order valence-electron chi connectivity index (χ3n) is 3.80. The standard InChI is InChI=1S/C18H18N2O3S/c1-10-5-6-11(2)15(9-10)16(21)13(4)24-18-20-19-17(23-18)14-7-8-22-12(14)3/h5-9,13H,1-4H3/t13-/m0/s1. The molecule has 0 radical (unpaired) electrons. The van der Waals surface area contributed by atoms with Crippen LogP contribution < -0.4 is 0 Å². The summed E-state index contributed by atoms with van der Waals surface area (Å²) in [6.45, 7) is 7.60. The predicted octanol–water partition coefficient (Wildman–Crippen LogP) is 4.62. The lowest BCUT2D eigenvalue weighted by atomic mass is 10.0. The maximum Gasteiger partial charge on any atom is 0.277 e. The Morgan fingerprint density at radius 3 is 2.67 bits per heavy atom. The van der Waals surface area contributed by atoms with Gasteiger partial charge in [0.25, 0.3) is 11.1 Å². The van der Waals surface area contributed by atoms with E-state index in [0.29, 0.717) is 11.1 Å². The molecule has 2 aromatic heterocycles. The molecule has 3 rings (SSSR count). The van der Waals surface area contributed by atoms with E-state index in [1.54, 1.807) is 12.3 Å². The number of aromatic nitrogens is 2. The molecule has 0 N–H and O–H groups in total. The van der Waals surface area contributed by atoms with Crippen LogP contribution in [0, 0.1) is 20.8 Å². The van der Waals surface area contributed by atoms with Crippen LogP contribution in [0.25, 0.3) is 11.5 Å². The van der Waals surface area contributed by atoms with Crippen molar-refractivity contribution in [3.63, 3.8) is 0 Å². The van der Waals surface area contributed by atoms with Gasteiger partial charge in [-0.2, -0.15) is 0 Å². The fraction of sp³-hybridized carbons (Fsp3) is 0.278. The molecule has 0 aliphatic heterocycles. The van der Waals surface area contributed by atoms with Gasteiger partial charge in [-0.3, -0.25) is 4.79 Å². The molecule has 0 fully saturated rings. The summed E-state index contributed by atoms with van der Waals surface area (Å²) in [5, 5.41) is 8.11. The van der Waals surface area contributed by atoms with Crippen molar-refractivity contribution in [3.8, 4) is 11.5 Å². The molecule has 5 nitrogen and oxygen atoms in total. The van der Waals surface area contributed by atoms with Crippen LogP contribution >= 0.6 is 11.8 Å². The highest BCUT2D eigenvalue weighted by atomic mass is 32.2. The zero-order chi connectivity index (χ0) is 17.3. The lowest BCUT2D eigenvalue weighted by Gasteiger charge is -2.10. The minimum Gasteiger partial charge on any atom is -0.469 e. The van der Waals surface area contributed by atoms with Crippen molar-refractivity contribution in [2.24, 2.45) is 0 Å². The largest absolute Gasteiger partial charge is 0.469 e. The van der Waals surface area contributed by atoms with Gasteiger partial charge in [0.15, 0.2) is 5.78 Å². The molecule has 0 spiro atoms. The Bertz CT molecular complexity index is 882. The third kappa shape index (κ3) is 3.28. The summed E-state index contributed by atoms with van der Waals surface area (Å²) in [6.07, 6.45) is 1.58. The Morgan fingerprint density at radius 2 is 1.96 bits per heavy atom. The second-order valence-electron chi connectivity index (χ2n) is 5.71. The molecular formula is C18H18N2O3S. The fourth-order valence-corrected chi connectivity index (χ4v) is 3.15. The maximum absolute atomic E-state index is 12.7. The average molecular weight is 342 g/mol. The minimum absolute atomic E-state index is 0.0560. The van der Waals surface area contributed by atoms with E-state index in [1.807, 2.05) is 45.9 Å². The van der Waals surface area contributed by atoms with Gasteiger partial charge in [-0.1, -0.05) is 29.5 Å². The Hall–Kier alpha value is -2.34. The van der Waals surface area contributed by atoms with Gasteiger partial charge in [0, 0.05) is 5.56 Å². The fourth-order valence-electron chi connectivity index (χ4n) is 2.40. The van der Waals surface area contributed by atoms with Gasteiger partial charge in [-0.05, 0) is 45.4 Å². The van der Waals surface area contributed by atoms with Crippen molar-refractivity contribution in [1.82, 2.24) is 10.2 Å². The highest BCUT2D eigenvalue weighted by Crippen LogP contribution is 2.30. The molecular weight excluding hydrogens is 324 g/mol. The number of furan rings is 1. The Morgan fingerprint density at radius 1 is 1.17 bits per heavy atom. The number of aryl methyl sites for hydroxylation is 3. The van der Waals surface area contributed by atoms with Gasteiger partial charge in [0.1, 0.15) is 5.76 Å². The number of nitrogens with zero attached hydrogens (tertiary/aromatic N) is 2. The van der Waals surface area contributed by atoms with E-state index in [0.717, 1.165) is 28.0 Å². The number of rotatable bonds is 5. The SMILES string of the molecule is Cc1ccc(C)c(C(=O)[C@H](C)Sc2nnc(-c3ccoc3C)o2)c1. The van der Waals surface area contributed by atoms with E-state index in [1.165, 1.54) is 11.8 Å². The average Bonchev–Trinajstić information content (AvgIpc) is 3.17. The molecule has 6 heteroatoms. The molecule has 0 bridgehead atoms. The number of benzene rings is 1. The molecule has 124 valence electrons. The molecule has 0 saturated heterocycles. The molecule has 1 aromatic carbocycles. The zero-order valence-electron chi connectivity index (χ0n) is 14.0. The summed E-state index contributed by atoms with van der Waals surface area (Å²) in [7, 11) is 0. The first-order valence-electron chi connectivity index (χ1n) is 7.62. The summed E-state index contributed by atoms with van der Waals surface area (Å²) in [5.74, 6) is 1.17. The number of carbonyl (C=O) groups excluding carboxylic acids is 1. The van der Waals surface area contributed by atoms with Crippen molar-refractivity contribution in [1.29, 1.82) is 0 Å². The number of hydrogen-bond donors (Lipinski definition) is 0. The first kappa shape index (κ1) is 16.5. The molecule has 0 saturated carbocycles. The highest BCUT2D eigenvalue weighted by molar-refractivity contribution is 8.00. The summed E-state index contributed by atoms with van der Waals surface area (Å²) in [5.41, 5.74) is 3.54. The summed E-state index contributed by atoms with van der Waals surface area (Å²) in [6, 6.07) is 7.67. The Kier molecular flexibility index (Phi) is 4.57. The van der Waals surface area contributed by atoms with Crippen molar-refractivity contribution in [3.05, 3.63) is 53.0 Å². The second-order valence-corrected chi connectivity index (χ2v) is 7.00. The summed E-state index contributed by atoms with van der Waals surface area (Å²) in [4.78, 5) is 12.7. The molecule has 3 aromatic rings. The smallest absolute Gasteiger partial charge is 0.277 e.